The SMILES string of the molecule is CC(C)CC(N)C(=O)NC(C(=O)NC(CC(N)=O)C(=O)NC(Cc1ccccc1)C(=O)O)C(C)C. The molecule has 0 radical (unpaired) electrons. The molecule has 0 spiro atoms. The van der Waals surface area contributed by atoms with Crippen LogP contribution >= 0.6 is 0 Å². The highest BCUT2D eigenvalue weighted by molar-refractivity contribution is 5.96. The predicted octanol–water partition coefficient (Wildman–Crippen LogP) is -0.327. The van der Waals surface area contributed by atoms with Gasteiger partial charge in [-0.3, -0.25) is 19.2 Å². The molecule has 0 saturated heterocycles. The highest BCUT2D eigenvalue weighted by Gasteiger charge is 2.32. The maximum absolute atomic E-state index is 13.0. The molecule has 11 nitrogen and oxygen atoms in total. The Morgan fingerprint density at radius 1 is 0.857 bits per heavy atom. The first-order valence-electron chi connectivity index (χ1n) is 11.5. The fourth-order valence-electron chi connectivity index (χ4n) is 3.40. The Balaban J connectivity index is 2.97. The first-order valence-corrected chi connectivity index (χ1v) is 11.5. The quantitative estimate of drug-likeness (QED) is 0.205. The molecular weight excluding hydrogens is 454 g/mol. The van der Waals surface area contributed by atoms with Crippen LogP contribution in [0.4, 0.5) is 0 Å². The van der Waals surface area contributed by atoms with Gasteiger partial charge in [0.1, 0.15) is 18.1 Å². The maximum Gasteiger partial charge on any atom is 0.326 e. The smallest absolute Gasteiger partial charge is 0.326 e. The maximum atomic E-state index is 13.0. The van der Waals surface area contributed by atoms with Crippen molar-refractivity contribution in [3.05, 3.63) is 35.9 Å². The minimum Gasteiger partial charge on any atom is -0.480 e. The average molecular weight is 492 g/mol. The molecule has 0 aromatic heterocycles. The first-order chi connectivity index (χ1) is 16.3. The lowest BCUT2D eigenvalue weighted by Crippen LogP contribution is -2.59. The Hall–Kier alpha value is -3.47. The number of benzene rings is 1. The minimum atomic E-state index is -1.43. The van der Waals surface area contributed by atoms with E-state index in [2.05, 4.69) is 16.0 Å². The van der Waals surface area contributed by atoms with Crippen LogP contribution in [0.3, 0.4) is 0 Å². The number of amides is 4. The molecule has 11 heteroatoms. The zero-order valence-electron chi connectivity index (χ0n) is 20.6. The van der Waals surface area contributed by atoms with E-state index in [9.17, 15) is 29.1 Å². The van der Waals surface area contributed by atoms with E-state index in [1.54, 1.807) is 44.2 Å². The number of primary amides is 1. The van der Waals surface area contributed by atoms with Crippen LogP contribution in [0.25, 0.3) is 0 Å². The molecule has 1 aromatic rings. The number of hydrogen-bond acceptors (Lipinski definition) is 6. The van der Waals surface area contributed by atoms with E-state index in [1.807, 2.05) is 13.8 Å². The Kier molecular flexibility index (Phi) is 11.9. The number of nitrogens with one attached hydrogen (secondary N) is 3. The summed E-state index contributed by atoms with van der Waals surface area (Å²) >= 11 is 0. The van der Waals surface area contributed by atoms with Gasteiger partial charge in [-0.05, 0) is 23.8 Å². The normalized spacial score (nSPS) is 14.5. The zero-order valence-corrected chi connectivity index (χ0v) is 20.6. The van der Waals surface area contributed by atoms with Crippen LogP contribution in [0.15, 0.2) is 30.3 Å². The molecule has 4 amide bonds. The fraction of sp³-hybridized carbons (Fsp3) is 0.542. The predicted molar refractivity (Wildman–Crippen MR) is 130 cm³/mol. The Morgan fingerprint density at radius 3 is 1.91 bits per heavy atom. The summed E-state index contributed by atoms with van der Waals surface area (Å²) in [6.07, 6.45) is -0.137. The average Bonchev–Trinajstić information content (AvgIpc) is 2.75. The second-order valence-corrected chi connectivity index (χ2v) is 9.29. The lowest BCUT2D eigenvalue weighted by Gasteiger charge is -2.27. The summed E-state index contributed by atoms with van der Waals surface area (Å²) < 4.78 is 0. The second-order valence-electron chi connectivity index (χ2n) is 9.29. The lowest BCUT2D eigenvalue weighted by atomic mass is 10.00. The second kappa shape index (κ2) is 14.1. The van der Waals surface area contributed by atoms with Crippen molar-refractivity contribution < 1.29 is 29.1 Å². The summed E-state index contributed by atoms with van der Waals surface area (Å²) in [4.78, 5) is 61.6. The van der Waals surface area contributed by atoms with E-state index >= 15 is 0 Å². The molecular formula is C24H37N5O6. The van der Waals surface area contributed by atoms with Crippen LogP contribution in [0.5, 0.6) is 0 Å². The molecule has 0 saturated carbocycles. The number of carbonyl (C=O) groups excluding carboxylic acids is 4. The van der Waals surface area contributed by atoms with Crippen LogP contribution in [0.1, 0.15) is 46.1 Å². The van der Waals surface area contributed by atoms with Crippen molar-refractivity contribution in [3.63, 3.8) is 0 Å². The van der Waals surface area contributed by atoms with Crippen molar-refractivity contribution in [3.8, 4) is 0 Å². The number of carboxylic acids is 1. The van der Waals surface area contributed by atoms with Crippen molar-refractivity contribution >= 4 is 29.6 Å². The van der Waals surface area contributed by atoms with Gasteiger partial charge < -0.3 is 32.5 Å². The molecule has 0 aliphatic carbocycles. The van der Waals surface area contributed by atoms with Gasteiger partial charge in [-0.1, -0.05) is 58.0 Å². The van der Waals surface area contributed by atoms with Crippen LogP contribution < -0.4 is 27.4 Å². The molecule has 1 aromatic carbocycles. The van der Waals surface area contributed by atoms with Crippen molar-refractivity contribution in [2.24, 2.45) is 23.3 Å². The number of rotatable bonds is 14. The van der Waals surface area contributed by atoms with E-state index in [1.165, 1.54) is 0 Å². The van der Waals surface area contributed by atoms with Crippen LogP contribution in [-0.2, 0) is 30.4 Å². The van der Waals surface area contributed by atoms with Gasteiger partial charge in [0.25, 0.3) is 0 Å². The minimum absolute atomic E-state index is 0.00241. The molecule has 194 valence electrons. The molecule has 0 bridgehead atoms. The summed E-state index contributed by atoms with van der Waals surface area (Å²) in [6, 6.07) is 4.09. The molecule has 0 aliphatic heterocycles. The molecule has 4 unspecified atom stereocenters. The van der Waals surface area contributed by atoms with Crippen molar-refractivity contribution in [1.82, 2.24) is 16.0 Å². The fourth-order valence-corrected chi connectivity index (χ4v) is 3.40. The van der Waals surface area contributed by atoms with E-state index < -0.39 is 60.2 Å². The summed E-state index contributed by atoms with van der Waals surface area (Å²) in [7, 11) is 0. The molecule has 8 N–H and O–H groups in total. The van der Waals surface area contributed by atoms with Crippen molar-refractivity contribution in [1.29, 1.82) is 0 Å². The van der Waals surface area contributed by atoms with Gasteiger partial charge >= 0.3 is 5.97 Å². The van der Waals surface area contributed by atoms with Gasteiger partial charge in [-0.2, -0.15) is 0 Å². The number of aliphatic carboxylic acids is 1. The van der Waals surface area contributed by atoms with Crippen LogP contribution in [0, 0.1) is 11.8 Å². The Morgan fingerprint density at radius 2 is 1.43 bits per heavy atom. The summed E-state index contributed by atoms with van der Waals surface area (Å²) in [5.41, 5.74) is 11.8. The lowest BCUT2D eigenvalue weighted by molar-refractivity contribution is -0.142. The molecule has 0 fully saturated rings. The van der Waals surface area contributed by atoms with E-state index in [-0.39, 0.29) is 18.3 Å². The van der Waals surface area contributed by atoms with Crippen molar-refractivity contribution in [2.45, 2.75) is 71.1 Å². The van der Waals surface area contributed by atoms with Gasteiger partial charge in [0.05, 0.1) is 12.5 Å². The Labute approximate surface area is 205 Å². The first kappa shape index (κ1) is 29.6. The van der Waals surface area contributed by atoms with Gasteiger partial charge in [0, 0.05) is 6.42 Å². The zero-order chi connectivity index (χ0) is 26.7. The number of nitrogens with two attached hydrogens (primary N) is 2. The van der Waals surface area contributed by atoms with Crippen LogP contribution in [0.2, 0.25) is 0 Å². The number of carboxylic acid groups (broad SMARTS) is 1. The number of hydrogen-bond donors (Lipinski definition) is 6. The molecule has 4 atom stereocenters. The van der Waals surface area contributed by atoms with Gasteiger partial charge in [-0.15, -0.1) is 0 Å². The third kappa shape index (κ3) is 10.6. The van der Waals surface area contributed by atoms with E-state index in [4.69, 9.17) is 11.5 Å². The topological polar surface area (TPSA) is 194 Å². The monoisotopic (exact) mass is 491 g/mol. The molecule has 1 rings (SSSR count). The Bertz CT molecular complexity index is 890. The third-order valence-electron chi connectivity index (χ3n) is 5.24. The van der Waals surface area contributed by atoms with Gasteiger partial charge in [0.2, 0.25) is 23.6 Å². The number of carbonyl (C=O) groups is 5. The molecule has 0 heterocycles. The van der Waals surface area contributed by atoms with E-state index in [0.717, 1.165) is 0 Å². The van der Waals surface area contributed by atoms with E-state index in [0.29, 0.717) is 12.0 Å². The van der Waals surface area contributed by atoms with Crippen LogP contribution in [-0.4, -0.2) is 58.9 Å². The molecule has 35 heavy (non-hydrogen) atoms. The summed E-state index contributed by atoms with van der Waals surface area (Å²) in [6.45, 7) is 7.22. The van der Waals surface area contributed by atoms with Gasteiger partial charge in [0.15, 0.2) is 0 Å². The highest BCUT2D eigenvalue weighted by atomic mass is 16.4. The third-order valence-corrected chi connectivity index (χ3v) is 5.24. The summed E-state index contributed by atoms with van der Waals surface area (Å²) in [5, 5.41) is 16.9. The van der Waals surface area contributed by atoms with Crippen molar-refractivity contribution in [2.75, 3.05) is 0 Å². The largest absolute Gasteiger partial charge is 0.480 e. The van der Waals surface area contributed by atoms with Gasteiger partial charge in [-0.25, -0.2) is 4.79 Å². The summed E-state index contributed by atoms with van der Waals surface area (Å²) in [5.74, 6) is -4.47. The molecule has 0 aliphatic rings. The standard InChI is InChI=1S/C24H37N5O6/c1-13(2)10-16(25)21(31)29-20(14(3)4)23(33)27-17(12-19(26)30)22(32)28-18(24(34)35)11-15-8-6-5-7-9-15/h5-9,13-14,16-18,20H,10-12,25H2,1-4H3,(H2,26,30)(H,27,33)(H,28,32)(H,29,31)(H,34,35). The highest BCUT2D eigenvalue weighted by Crippen LogP contribution is 2.08.